The molecule has 1 aliphatic heterocycles. The smallest absolute Gasteiger partial charge is 0.243 e. The van der Waals surface area contributed by atoms with Crippen LogP contribution in [0.2, 0.25) is 0 Å². The number of thiophene rings is 1. The van der Waals surface area contributed by atoms with E-state index >= 15 is 0 Å². The van der Waals surface area contributed by atoms with Gasteiger partial charge >= 0.3 is 0 Å². The van der Waals surface area contributed by atoms with Crippen molar-refractivity contribution in [2.45, 2.75) is 32.4 Å². The average molecular weight is 352 g/mol. The molecule has 134 valence electrons. The molecule has 24 heavy (non-hydrogen) atoms. The lowest BCUT2D eigenvalue weighted by molar-refractivity contribution is -0.127. The molecule has 1 aliphatic rings. The van der Waals surface area contributed by atoms with Crippen LogP contribution in [-0.4, -0.2) is 68.0 Å². The van der Waals surface area contributed by atoms with E-state index in [2.05, 4.69) is 38.9 Å². The lowest BCUT2D eigenvalue weighted by atomic mass is 10.2. The highest BCUT2D eigenvalue weighted by atomic mass is 32.1. The minimum absolute atomic E-state index is 0.00303. The van der Waals surface area contributed by atoms with Gasteiger partial charge in [-0.05, 0) is 37.4 Å². The highest BCUT2D eigenvalue weighted by Gasteiger charge is 2.22. The summed E-state index contributed by atoms with van der Waals surface area (Å²) in [6.45, 7) is 6.22. The van der Waals surface area contributed by atoms with Crippen molar-refractivity contribution in [1.82, 2.24) is 20.4 Å². The lowest BCUT2D eigenvalue weighted by Gasteiger charge is -2.24. The van der Waals surface area contributed by atoms with E-state index in [-0.39, 0.29) is 12.5 Å². The Kier molecular flexibility index (Phi) is 7.52. The molecule has 1 aromatic rings. The van der Waals surface area contributed by atoms with E-state index < -0.39 is 0 Å². The molecule has 7 heteroatoms. The van der Waals surface area contributed by atoms with Crippen LogP contribution in [0.5, 0.6) is 0 Å². The van der Waals surface area contributed by atoms with Gasteiger partial charge in [-0.2, -0.15) is 0 Å². The summed E-state index contributed by atoms with van der Waals surface area (Å²) in [5, 5.41) is 8.81. The van der Waals surface area contributed by atoms with Crippen LogP contribution < -0.4 is 10.6 Å². The van der Waals surface area contributed by atoms with Crippen LogP contribution in [0.3, 0.4) is 0 Å². The van der Waals surface area contributed by atoms with Crippen LogP contribution in [-0.2, 0) is 11.3 Å². The minimum atomic E-state index is 0.00303. The standard InChI is InChI=1S/C17H29N5OS/c1-4-22-9-5-7-14(22)11-18-17(20-13-16(23)21(2)3)19-12-15-8-6-10-24-15/h6,8,10,14H,4-5,7,9,11-13H2,1-3H3,(H2,18,19,20). The molecule has 1 fully saturated rings. The maximum Gasteiger partial charge on any atom is 0.243 e. The van der Waals surface area contributed by atoms with E-state index in [9.17, 15) is 4.79 Å². The zero-order valence-corrected chi connectivity index (χ0v) is 15.7. The Balaban J connectivity index is 1.90. The molecule has 2 heterocycles. The summed E-state index contributed by atoms with van der Waals surface area (Å²) in [4.78, 5) is 21.6. The van der Waals surface area contributed by atoms with Gasteiger partial charge in [0.1, 0.15) is 6.54 Å². The first-order chi connectivity index (χ1) is 11.6. The molecule has 0 aliphatic carbocycles. The second-order valence-electron chi connectivity index (χ2n) is 6.19. The van der Waals surface area contributed by atoms with Crippen molar-refractivity contribution in [3.8, 4) is 0 Å². The highest BCUT2D eigenvalue weighted by Crippen LogP contribution is 2.15. The summed E-state index contributed by atoms with van der Waals surface area (Å²) in [6, 6.07) is 4.68. The molecule has 2 N–H and O–H groups in total. The predicted molar refractivity (Wildman–Crippen MR) is 100 cm³/mol. The molecule has 1 unspecified atom stereocenters. The maximum atomic E-state index is 11.8. The van der Waals surface area contributed by atoms with E-state index in [4.69, 9.17) is 0 Å². The average Bonchev–Trinajstić information content (AvgIpc) is 3.24. The number of aliphatic imine (C=N–C) groups is 1. The molecular weight excluding hydrogens is 322 g/mol. The topological polar surface area (TPSA) is 60.0 Å². The molecule has 2 rings (SSSR count). The van der Waals surface area contributed by atoms with E-state index in [1.54, 1.807) is 30.3 Å². The van der Waals surface area contributed by atoms with Crippen LogP contribution in [0.4, 0.5) is 0 Å². The Morgan fingerprint density at radius 3 is 2.96 bits per heavy atom. The molecule has 0 bridgehead atoms. The number of likely N-dealkylation sites (tertiary alicyclic amines) is 1. The number of hydrogen-bond donors (Lipinski definition) is 2. The second-order valence-corrected chi connectivity index (χ2v) is 7.22. The van der Waals surface area contributed by atoms with Crippen molar-refractivity contribution in [3.05, 3.63) is 22.4 Å². The van der Waals surface area contributed by atoms with Gasteiger partial charge in [0.25, 0.3) is 0 Å². The third-order valence-corrected chi connectivity index (χ3v) is 5.17. The molecular formula is C17H29N5OS. The zero-order valence-electron chi connectivity index (χ0n) is 14.9. The van der Waals surface area contributed by atoms with Crippen molar-refractivity contribution in [3.63, 3.8) is 0 Å². The first-order valence-corrected chi connectivity index (χ1v) is 9.47. The Labute approximate surface area is 148 Å². The SMILES string of the molecule is CCN1CCCC1CNC(=NCC(=O)N(C)C)NCc1cccs1. The van der Waals surface area contributed by atoms with Gasteiger partial charge < -0.3 is 15.5 Å². The Morgan fingerprint density at radius 2 is 2.29 bits per heavy atom. The number of nitrogens with one attached hydrogen (secondary N) is 2. The van der Waals surface area contributed by atoms with E-state index in [1.807, 2.05) is 6.07 Å². The number of amides is 1. The van der Waals surface area contributed by atoms with Crippen LogP contribution >= 0.6 is 11.3 Å². The Morgan fingerprint density at radius 1 is 1.46 bits per heavy atom. The van der Waals surface area contributed by atoms with Crippen molar-refractivity contribution in [1.29, 1.82) is 0 Å². The molecule has 6 nitrogen and oxygen atoms in total. The third kappa shape index (κ3) is 5.79. The molecule has 0 spiro atoms. The van der Waals surface area contributed by atoms with Gasteiger partial charge in [-0.15, -0.1) is 11.3 Å². The zero-order chi connectivity index (χ0) is 17.4. The van der Waals surface area contributed by atoms with Gasteiger partial charge in [0.05, 0.1) is 6.54 Å². The Hall–Kier alpha value is -1.60. The van der Waals surface area contributed by atoms with Crippen molar-refractivity contribution in [2.75, 3.05) is 40.3 Å². The van der Waals surface area contributed by atoms with Crippen LogP contribution in [0.25, 0.3) is 0 Å². The summed E-state index contributed by atoms with van der Waals surface area (Å²) in [5.74, 6) is 0.713. The molecule has 1 aromatic heterocycles. The van der Waals surface area contributed by atoms with Gasteiger partial charge in [-0.3, -0.25) is 9.69 Å². The summed E-state index contributed by atoms with van der Waals surface area (Å²) in [5.41, 5.74) is 0. The molecule has 1 atom stereocenters. The minimum Gasteiger partial charge on any atom is -0.355 e. The first kappa shape index (κ1) is 18.7. The largest absolute Gasteiger partial charge is 0.355 e. The van der Waals surface area contributed by atoms with Gasteiger partial charge in [-0.25, -0.2) is 4.99 Å². The highest BCUT2D eigenvalue weighted by molar-refractivity contribution is 7.09. The van der Waals surface area contributed by atoms with Crippen LogP contribution in [0, 0.1) is 0 Å². The van der Waals surface area contributed by atoms with Gasteiger partial charge in [0, 0.05) is 31.6 Å². The van der Waals surface area contributed by atoms with Crippen molar-refractivity contribution in [2.24, 2.45) is 4.99 Å². The van der Waals surface area contributed by atoms with Gasteiger partial charge in [-0.1, -0.05) is 13.0 Å². The fourth-order valence-corrected chi connectivity index (χ4v) is 3.45. The number of likely N-dealkylation sites (N-methyl/N-ethyl adjacent to an activating group) is 2. The summed E-state index contributed by atoms with van der Waals surface area (Å²) in [7, 11) is 3.50. The second kappa shape index (κ2) is 9.64. The molecule has 0 aromatic carbocycles. The number of rotatable bonds is 7. The monoisotopic (exact) mass is 351 g/mol. The van der Waals surface area contributed by atoms with Crippen LogP contribution in [0.15, 0.2) is 22.5 Å². The normalized spacial score (nSPS) is 18.6. The first-order valence-electron chi connectivity index (χ1n) is 8.59. The van der Waals surface area contributed by atoms with Gasteiger partial charge in [0.2, 0.25) is 5.91 Å². The lowest BCUT2D eigenvalue weighted by Crippen LogP contribution is -2.45. The van der Waals surface area contributed by atoms with E-state index in [0.717, 1.165) is 19.6 Å². The van der Waals surface area contributed by atoms with E-state index in [0.29, 0.717) is 12.0 Å². The number of carbonyl (C=O) groups excluding carboxylic acids is 1. The molecule has 1 amide bonds. The number of nitrogens with zero attached hydrogens (tertiary/aromatic N) is 3. The fraction of sp³-hybridized carbons (Fsp3) is 0.647. The van der Waals surface area contributed by atoms with Crippen LogP contribution in [0.1, 0.15) is 24.6 Å². The third-order valence-electron chi connectivity index (χ3n) is 4.29. The van der Waals surface area contributed by atoms with Gasteiger partial charge in [0.15, 0.2) is 5.96 Å². The number of carbonyl (C=O) groups is 1. The van der Waals surface area contributed by atoms with Crippen molar-refractivity contribution < 1.29 is 4.79 Å². The fourth-order valence-electron chi connectivity index (χ4n) is 2.80. The van der Waals surface area contributed by atoms with E-state index in [1.165, 1.54) is 24.3 Å². The van der Waals surface area contributed by atoms with Crippen molar-refractivity contribution >= 4 is 23.2 Å². The quantitative estimate of drug-likeness (QED) is 0.575. The number of hydrogen-bond acceptors (Lipinski definition) is 4. The number of guanidine groups is 1. The molecule has 0 radical (unpaired) electrons. The summed E-state index contributed by atoms with van der Waals surface area (Å²) < 4.78 is 0. The maximum absolute atomic E-state index is 11.8. The molecule has 1 saturated heterocycles. The Bertz CT molecular complexity index is 529. The summed E-state index contributed by atoms with van der Waals surface area (Å²) in [6.07, 6.45) is 2.48. The predicted octanol–water partition coefficient (Wildman–Crippen LogP) is 1.36. The summed E-state index contributed by atoms with van der Waals surface area (Å²) >= 11 is 1.71. The molecule has 0 saturated carbocycles.